The molecule has 0 N–H and O–H groups in total. The Kier molecular flexibility index (Phi) is 3.04. The van der Waals surface area contributed by atoms with Crippen LogP contribution in [0.4, 0.5) is 5.69 Å². The van der Waals surface area contributed by atoms with Crippen molar-refractivity contribution < 1.29 is 0 Å². The van der Waals surface area contributed by atoms with E-state index in [0.29, 0.717) is 12.0 Å². The highest BCUT2D eigenvalue weighted by molar-refractivity contribution is 5.62. The Balaban J connectivity index is 1.97. The van der Waals surface area contributed by atoms with Gasteiger partial charge in [-0.1, -0.05) is 17.9 Å². The van der Waals surface area contributed by atoms with Gasteiger partial charge in [0.05, 0.1) is 0 Å². The van der Waals surface area contributed by atoms with Gasteiger partial charge in [-0.3, -0.25) is 0 Å². The predicted octanol–water partition coefficient (Wildman–Crippen LogP) is 3.61. The van der Waals surface area contributed by atoms with Crippen molar-refractivity contribution in [3.8, 4) is 11.8 Å². The highest BCUT2D eigenvalue weighted by atomic mass is 15.2. The van der Waals surface area contributed by atoms with Crippen molar-refractivity contribution in [3.05, 3.63) is 29.3 Å². The number of rotatable bonds is 1. The van der Waals surface area contributed by atoms with Gasteiger partial charge in [0.25, 0.3) is 0 Å². The Morgan fingerprint density at radius 2 is 2.11 bits per heavy atom. The first-order valence-electron chi connectivity index (χ1n) is 7.16. The van der Waals surface area contributed by atoms with Crippen molar-refractivity contribution in [1.82, 2.24) is 0 Å². The molecule has 94 valence electrons. The van der Waals surface area contributed by atoms with E-state index in [1.54, 1.807) is 0 Å². The van der Waals surface area contributed by atoms with Gasteiger partial charge in [0, 0.05) is 29.8 Å². The number of hydrogen-bond acceptors (Lipinski definition) is 1. The zero-order chi connectivity index (χ0) is 12.5. The molecule has 0 saturated heterocycles. The highest BCUT2D eigenvalue weighted by Gasteiger charge is 2.21. The molecule has 1 heteroatoms. The Morgan fingerprint density at radius 3 is 2.83 bits per heavy atom. The largest absolute Gasteiger partial charge is 0.369 e. The van der Waals surface area contributed by atoms with Gasteiger partial charge in [0.2, 0.25) is 0 Å². The molecule has 0 bridgehead atoms. The molecule has 1 fully saturated rings. The third-order valence-corrected chi connectivity index (χ3v) is 3.90. The highest BCUT2D eigenvalue weighted by Crippen LogP contribution is 2.32. The molecule has 1 aromatic rings. The average molecular weight is 239 g/mol. The van der Waals surface area contributed by atoms with Crippen LogP contribution in [0.15, 0.2) is 18.2 Å². The molecular weight excluding hydrogens is 218 g/mol. The molecule has 0 amide bonds. The Labute approximate surface area is 110 Å². The van der Waals surface area contributed by atoms with Gasteiger partial charge in [0.1, 0.15) is 0 Å². The lowest BCUT2D eigenvalue weighted by Gasteiger charge is -2.35. The van der Waals surface area contributed by atoms with Crippen LogP contribution in [0.25, 0.3) is 0 Å². The standard InChI is InChI=1S/C17H21N/c1-13(2)18-12-4-6-16-15(5-3-7-17(16)18)11-10-14-8-9-14/h3,5,7,13-14H,4,6,8-9,12H2,1-2H3. The summed E-state index contributed by atoms with van der Waals surface area (Å²) in [5.41, 5.74) is 4.16. The van der Waals surface area contributed by atoms with E-state index in [2.05, 4.69) is 48.8 Å². The lowest BCUT2D eigenvalue weighted by Crippen LogP contribution is -2.35. The Morgan fingerprint density at radius 1 is 1.28 bits per heavy atom. The molecule has 18 heavy (non-hydrogen) atoms. The van der Waals surface area contributed by atoms with E-state index in [1.165, 1.54) is 49.0 Å². The van der Waals surface area contributed by atoms with Crippen LogP contribution in [0.5, 0.6) is 0 Å². The number of benzene rings is 1. The van der Waals surface area contributed by atoms with E-state index in [4.69, 9.17) is 0 Å². The second kappa shape index (κ2) is 4.69. The van der Waals surface area contributed by atoms with Gasteiger partial charge in [-0.25, -0.2) is 0 Å². The van der Waals surface area contributed by atoms with Crippen molar-refractivity contribution in [1.29, 1.82) is 0 Å². The number of nitrogens with zero attached hydrogens (tertiary/aromatic N) is 1. The summed E-state index contributed by atoms with van der Waals surface area (Å²) in [6.07, 6.45) is 5.06. The van der Waals surface area contributed by atoms with E-state index < -0.39 is 0 Å². The maximum atomic E-state index is 3.42. The van der Waals surface area contributed by atoms with Crippen LogP contribution in [-0.4, -0.2) is 12.6 Å². The topological polar surface area (TPSA) is 3.24 Å². The summed E-state index contributed by atoms with van der Waals surface area (Å²) in [6.45, 7) is 5.74. The van der Waals surface area contributed by atoms with E-state index in [1.807, 2.05) is 0 Å². The molecule has 1 nitrogen and oxygen atoms in total. The summed E-state index contributed by atoms with van der Waals surface area (Å²) in [7, 11) is 0. The average Bonchev–Trinajstić information content (AvgIpc) is 3.19. The van der Waals surface area contributed by atoms with Gasteiger partial charge in [-0.15, -0.1) is 0 Å². The van der Waals surface area contributed by atoms with Crippen LogP contribution in [-0.2, 0) is 6.42 Å². The molecule has 1 aliphatic heterocycles. The molecule has 0 atom stereocenters. The third kappa shape index (κ3) is 2.25. The maximum Gasteiger partial charge on any atom is 0.0413 e. The van der Waals surface area contributed by atoms with E-state index in [9.17, 15) is 0 Å². The van der Waals surface area contributed by atoms with Crippen molar-refractivity contribution >= 4 is 5.69 Å². The van der Waals surface area contributed by atoms with Crippen LogP contribution in [0.1, 0.15) is 44.2 Å². The van der Waals surface area contributed by atoms with Crippen LogP contribution >= 0.6 is 0 Å². The lowest BCUT2D eigenvalue weighted by molar-refractivity contribution is 0.625. The summed E-state index contributed by atoms with van der Waals surface area (Å²) >= 11 is 0. The van der Waals surface area contributed by atoms with Crippen LogP contribution in [0.3, 0.4) is 0 Å². The molecule has 0 radical (unpaired) electrons. The Bertz CT molecular complexity index is 500. The molecule has 1 aliphatic carbocycles. The van der Waals surface area contributed by atoms with E-state index in [-0.39, 0.29) is 0 Å². The van der Waals surface area contributed by atoms with Crippen molar-refractivity contribution in [2.45, 2.75) is 45.6 Å². The summed E-state index contributed by atoms with van der Waals surface area (Å²) in [5, 5.41) is 0. The minimum absolute atomic E-state index is 0.579. The number of hydrogen-bond donors (Lipinski definition) is 0. The van der Waals surface area contributed by atoms with Gasteiger partial charge in [-0.2, -0.15) is 0 Å². The second-order valence-corrected chi connectivity index (χ2v) is 5.74. The predicted molar refractivity (Wildman–Crippen MR) is 76.8 cm³/mol. The quantitative estimate of drug-likeness (QED) is 0.677. The third-order valence-electron chi connectivity index (χ3n) is 3.90. The summed E-state index contributed by atoms with van der Waals surface area (Å²) in [6, 6.07) is 7.20. The number of fused-ring (bicyclic) bond motifs is 1. The summed E-state index contributed by atoms with van der Waals surface area (Å²) in [4.78, 5) is 2.52. The number of anilines is 1. The molecule has 1 aromatic carbocycles. The summed E-state index contributed by atoms with van der Waals surface area (Å²) < 4.78 is 0. The van der Waals surface area contributed by atoms with Gasteiger partial charge in [0.15, 0.2) is 0 Å². The zero-order valence-electron chi connectivity index (χ0n) is 11.4. The molecule has 0 unspecified atom stereocenters. The van der Waals surface area contributed by atoms with Crippen LogP contribution in [0, 0.1) is 17.8 Å². The normalized spacial score (nSPS) is 18.3. The van der Waals surface area contributed by atoms with Crippen molar-refractivity contribution in [2.24, 2.45) is 5.92 Å². The first-order chi connectivity index (χ1) is 8.75. The second-order valence-electron chi connectivity index (χ2n) is 5.74. The molecule has 3 rings (SSSR count). The van der Waals surface area contributed by atoms with Crippen molar-refractivity contribution in [3.63, 3.8) is 0 Å². The molecule has 1 saturated carbocycles. The van der Waals surface area contributed by atoms with Crippen LogP contribution < -0.4 is 4.90 Å². The van der Waals surface area contributed by atoms with Crippen LogP contribution in [0.2, 0.25) is 0 Å². The molecule has 0 aromatic heterocycles. The van der Waals surface area contributed by atoms with Gasteiger partial charge in [-0.05, 0) is 57.2 Å². The minimum Gasteiger partial charge on any atom is -0.369 e. The fourth-order valence-corrected chi connectivity index (χ4v) is 2.71. The monoisotopic (exact) mass is 239 g/mol. The first-order valence-corrected chi connectivity index (χ1v) is 7.16. The minimum atomic E-state index is 0.579. The zero-order valence-corrected chi connectivity index (χ0v) is 11.4. The fourth-order valence-electron chi connectivity index (χ4n) is 2.71. The van der Waals surface area contributed by atoms with Gasteiger partial charge >= 0.3 is 0 Å². The van der Waals surface area contributed by atoms with Crippen molar-refractivity contribution in [2.75, 3.05) is 11.4 Å². The SMILES string of the molecule is CC(C)N1CCCc2c(C#CC3CC3)cccc21. The first kappa shape index (κ1) is 11.7. The molecule has 2 aliphatic rings. The van der Waals surface area contributed by atoms with E-state index >= 15 is 0 Å². The molecule has 1 heterocycles. The molecular formula is C17H21N. The maximum absolute atomic E-state index is 3.42. The molecule has 0 spiro atoms. The fraction of sp³-hybridized carbons (Fsp3) is 0.529. The summed E-state index contributed by atoms with van der Waals surface area (Å²) in [5.74, 6) is 7.50. The lowest BCUT2D eigenvalue weighted by atomic mass is 9.95. The smallest absolute Gasteiger partial charge is 0.0413 e. The van der Waals surface area contributed by atoms with E-state index in [0.717, 1.165) is 0 Å². The van der Waals surface area contributed by atoms with Gasteiger partial charge < -0.3 is 4.90 Å². The Hall–Kier alpha value is -1.42.